The van der Waals surface area contributed by atoms with Gasteiger partial charge in [-0.3, -0.25) is 0 Å². The van der Waals surface area contributed by atoms with Crippen LogP contribution in [0.4, 0.5) is 0 Å². The quantitative estimate of drug-likeness (QED) is 0.654. The first kappa shape index (κ1) is 9.75. The molecule has 0 unspecified atom stereocenters. The molecule has 0 atom stereocenters. The Kier molecular flexibility index (Phi) is 4.33. The van der Waals surface area contributed by atoms with Crippen LogP contribution >= 0.6 is 0 Å². The zero-order valence-electron chi connectivity index (χ0n) is 7.88. The Labute approximate surface area is 74.8 Å². The van der Waals surface area contributed by atoms with Crippen molar-refractivity contribution in [3.63, 3.8) is 0 Å². The highest BCUT2D eigenvalue weighted by molar-refractivity contribution is 5.05. The normalized spacial score (nSPS) is 24.2. The fourth-order valence-electron chi connectivity index (χ4n) is 1.69. The minimum absolute atomic E-state index is 0.500. The van der Waals surface area contributed by atoms with Crippen LogP contribution in [0.5, 0.6) is 0 Å². The second-order valence-corrected chi connectivity index (χ2v) is 3.37. The van der Waals surface area contributed by atoms with Crippen molar-refractivity contribution in [3.05, 3.63) is 11.6 Å². The van der Waals surface area contributed by atoms with E-state index < -0.39 is 0 Å². The predicted octanol–water partition coefficient (Wildman–Crippen LogP) is 1.85. The molecule has 0 aromatic rings. The molecule has 0 aliphatic heterocycles. The Morgan fingerprint density at radius 2 is 2.17 bits per heavy atom. The van der Waals surface area contributed by atoms with E-state index in [1.54, 1.807) is 12.7 Å². The first-order valence-corrected chi connectivity index (χ1v) is 4.77. The van der Waals surface area contributed by atoms with Gasteiger partial charge in [0.15, 0.2) is 0 Å². The van der Waals surface area contributed by atoms with Crippen LogP contribution in [-0.2, 0) is 4.74 Å². The number of allylic oxidation sites excluding steroid dienone is 1. The summed E-state index contributed by atoms with van der Waals surface area (Å²) in [5, 5.41) is 0. The maximum absolute atomic E-state index is 5.43. The van der Waals surface area contributed by atoms with Gasteiger partial charge in [-0.15, -0.1) is 0 Å². The van der Waals surface area contributed by atoms with Crippen molar-refractivity contribution in [1.29, 1.82) is 0 Å². The Bertz CT molecular complexity index is 144. The number of hydrogen-bond acceptors (Lipinski definition) is 2. The van der Waals surface area contributed by atoms with Crippen molar-refractivity contribution in [2.45, 2.75) is 38.2 Å². The lowest BCUT2D eigenvalue weighted by Crippen LogP contribution is -2.15. The summed E-state index contributed by atoms with van der Waals surface area (Å²) >= 11 is 0. The van der Waals surface area contributed by atoms with Crippen LogP contribution in [0.2, 0.25) is 0 Å². The van der Waals surface area contributed by atoms with Gasteiger partial charge in [-0.1, -0.05) is 11.6 Å². The lowest BCUT2D eigenvalue weighted by Gasteiger charge is -2.22. The summed E-state index contributed by atoms with van der Waals surface area (Å²) in [6, 6.07) is 0. The van der Waals surface area contributed by atoms with Gasteiger partial charge >= 0.3 is 0 Å². The third kappa shape index (κ3) is 2.95. The molecule has 2 N–H and O–H groups in total. The average Bonchev–Trinajstić information content (AvgIpc) is 2.15. The molecule has 70 valence electrons. The van der Waals surface area contributed by atoms with Gasteiger partial charge < -0.3 is 10.5 Å². The average molecular weight is 169 g/mol. The predicted molar refractivity (Wildman–Crippen MR) is 51.0 cm³/mol. The topological polar surface area (TPSA) is 35.2 Å². The molecule has 1 fully saturated rings. The molecule has 0 radical (unpaired) electrons. The van der Waals surface area contributed by atoms with Crippen LogP contribution in [0.15, 0.2) is 11.6 Å². The molecule has 12 heavy (non-hydrogen) atoms. The van der Waals surface area contributed by atoms with Gasteiger partial charge in [0.2, 0.25) is 0 Å². The highest BCUT2D eigenvalue weighted by Gasteiger charge is 2.14. The molecular weight excluding hydrogens is 150 g/mol. The molecule has 1 saturated carbocycles. The summed E-state index contributed by atoms with van der Waals surface area (Å²) in [6.07, 6.45) is 8.62. The summed E-state index contributed by atoms with van der Waals surface area (Å²) in [7, 11) is 1.80. The third-order valence-corrected chi connectivity index (χ3v) is 2.51. The van der Waals surface area contributed by atoms with E-state index in [1.165, 1.54) is 25.7 Å². The van der Waals surface area contributed by atoms with Crippen molar-refractivity contribution < 1.29 is 4.74 Å². The van der Waals surface area contributed by atoms with Gasteiger partial charge in [0, 0.05) is 7.11 Å². The van der Waals surface area contributed by atoms with Crippen molar-refractivity contribution in [2.75, 3.05) is 13.7 Å². The first-order valence-electron chi connectivity index (χ1n) is 4.77. The fourth-order valence-corrected chi connectivity index (χ4v) is 1.69. The number of ether oxygens (including phenoxy) is 1. The molecule has 1 rings (SSSR count). The second kappa shape index (κ2) is 5.33. The number of methoxy groups -OCH3 is 1. The molecule has 0 aromatic heterocycles. The zero-order chi connectivity index (χ0) is 8.81. The van der Waals surface area contributed by atoms with E-state index in [1.807, 2.05) is 0 Å². The standard InChI is InChI=1S/C10H19NO/c1-12-10-6-4-9(5-7-10)3-2-8-11/h3,10H,2,4-8,11H2,1H3. The Balaban J connectivity index is 2.25. The second-order valence-electron chi connectivity index (χ2n) is 3.37. The summed E-state index contributed by atoms with van der Waals surface area (Å²) in [6.45, 7) is 0.775. The molecule has 0 heterocycles. The number of hydrogen-bond donors (Lipinski definition) is 1. The van der Waals surface area contributed by atoms with E-state index >= 15 is 0 Å². The molecule has 0 bridgehead atoms. The Morgan fingerprint density at radius 3 is 2.67 bits per heavy atom. The van der Waals surface area contributed by atoms with Crippen LogP contribution in [0.1, 0.15) is 32.1 Å². The highest BCUT2D eigenvalue weighted by Crippen LogP contribution is 2.25. The molecule has 2 heteroatoms. The van der Waals surface area contributed by atoms with Crippen molar-refractivity contribution >= 4 is 0 Å². The summed E-state index contributed by atoms with van der Waals surface area (Å²) in [5.41, 5.74) is 7.01. The molecule has 1 aliphatic carbocycles. The van der Waals surface area contributed by atoms with Crippen LogP contribution < -0.4 is 5.73 Å². The monoisotopic (exact) mass is 169 g/mol. The first-order chi connectivity index (χ1) is 5.86. The number of nitrogens with two attached hydrogens (primary N) is 1. The van der Waals surface area contributed by atoms with Crippen molar-refractivity contribution in [3.8, 4) is 0 Å². The van der Waals surface area contributed by atoms with Gasteiger partial charge in [0.05, 0.1) is 6.10 Å². The molecule has 0 saturated heterocycles. The SMILES string of the molecule is COC1CCC(=CCCN)CC1. The molecule has 1 aliphatic rings. The largest absolute Gasteiger partial charge is 0.381 e. The van der Waals surface area contributed by atoms with Crippen molar-refractivity contribution in [1.82, 2.24) is 0 Å². The molecular formula is C10H19NO. The molecule has 2 nitrogen and oxygen atoms in total. The van der Waals surface area contributed by atoms with E-state index in [0.29, 0.717) is 6.10 Å². The van der Waals surface area contributed by atoms with Gasteiger partial charge in [-0.05, 0) is 38.6 Å². The number of rotatable bonds is 3. The van der Waals surface area contributed by atoms with E-state index in [9.17, 15) is 0 Å². The smallest absolute Gasteiger partial charge is 0.0577 e. The molecule has 0 spiro atoms. The van der Waals surface area contributed by atoms with Crippen LogP contribution in [0.3, 0.4) is 0 Å². The Hall–Kier alpha value is -0.340. The van der Waals surface area contributed by atoms with Gasteiger partial charge in [-0.25, -0.2) is 0 Å². The van der Waals surface area contributed by atoms with E-state index in [-0.39, 0.29) is 0 Å². The fraction of sp³-hybridized carbons (Fsp3) is 0.800. The van der Waals surface area contributed by atoms with Crippen LogP contribution in [0, 0.1) is 0 Å². The molecule has 0 amide bonds. The van der Waals surface area contributed by atoms with Gasteiger partial charge in [-0.2, -0.15) is 0 Å². The van der Waals surface area contributed by atoms with Gasteiger partial charge in [0.25, 0.3) is 0 Å². The van der Waals surface area contributed by atoms with Gasteiger partial charge in [0.1, 0.15) is 0 Å². The van der Waals surface area contributed by atoms with Crippen LogP contribution in [0.25, 0.3) is 0 Å². The maximum Gasteiger partial charge on any atom is 0.0577 e. The van der Waals surface area contributed by atoms with E-state index in [0.717, 1.165) is 13.0 Å². The third-order valence-electron chi connectivity index (χ3n) is 2.51. The van der Waals surface area contributed by atoms with Crippen molar-refractivity contribution in [2.24, 2.45) is 5.73 Å². The summed E-state index contributed by atoms with van der Waals surface area (Å²) in [5.74, 6) is 0. The lowest BCUT2D eigenvalue weighted by atomic mass is 9.92. The summed E-state index contributed by atoms with van der Waals surface area (Å²) < 4.78 is 5.29. The minimum atomic E-state index is 0.500. The Morgan fingerprint density at radius 1 is 1.50 bits per heavy atom. The maximum atomic E-state index is 5.43. The zero-order valence-corrected chi connectivity index (χ0v) is 7.88. The highest BCUT2D eigenvalue weighted by atomic mass is 16.5. The minimum Gasteiger partial charge on any atom is -0.381 e. The van der Waals surface area contributed by atoms with E-state index in [4.69, 9.17) is 10.5 Å². The summed E-state index contributed by atoms with van der Waals surface area (Å²) in [4.78, 5) is 0. The lowest BCUT2D eigenvalue weighted by molar-refractivity contribution is 0.0801. The van der Waals surface area contributed by atoms with E-state index in [2.05, 4.69) is 6.08 Å². The van der Waals surface area contributed by atoms with Crippen LogP contribution in [-0.4, -0.2) is 19.8 Å². The molecule has 0 aromatic carbocycles.